The number of rotatable bonds is 6. The van der Waals surface area contributed by atoms with E-state index in [9.17, 15) is 8.78 Å². The number of piperidine rings is 1. The van der Waals surface area contributed by atoms with E-state index in [1.165, 1.54) is 12.8 Å². The summed E-state index contributed by atoms with van der Waals surface area (Å²) in [5.41, 5.74) is 0.965. The van der Waals surface area contributed by atoms with E-state index in [-0.39, 0.29) is 11.8 Å². The molecule has 1 heterocycles. The van der Waals surface area contributed by atoms with Crippen molar-refractivity contribution >= 4 is 0 Å². The van der Waals surface area contributed by atoms with Gasteiger partial charge in [0.05, 0.1) is 0 Å². The smallest absolute Gasteiger partial charge is 0.387 e. The maximum atomic E-state index is 12.2. The number of ether oxygens (including phenoxy) is 1. The summed E-state index contributed by atoms with van der Waals surface area (Å²) in [6.07, 6.45) is 2.46. The highest BCUT2D eigenvalue weighted by Gasteiger charge is 2.14. The van der Waals surface area contributed by atoms with Crippen LogP contribution < -0.4 is 15.4 Å². The molecular formula is C15H22F2N2O. The van der Waals surface area contributed by atoms with Gasteiger partial charge < -0.3 is 15.4 Å². The van der Waals surface area contributed by atoms with Crippen LogP contribution in [0, 0.1) is 5.92 Å². The number of benzene rings is 1. The summed E-state index contributed by atoms with van der Waals surface area (Å²) < 4.78 is 28.8. The van der Waals surface area contributed by atoms with Crippen LogP contribution in [0.5, 0.6) is 5.75 Å². The largest absolute Gasteiger partial charge is 0.435 e. The molecule has 0 radical (unpaired) electrons. The molecule has 5 heteroatoms. The van der Waals surface area contributed by atoms with Gasteiger partial charge in [-0.3, -0.25) is 0 Å². The first-order valence-corrected chi connectivity index (χ1v) is 7.14. The second-order valence-electron chi connectivity index (χ2n) is 5.29. The van der Waals surface area contributed by atoms with E-state index in [1.54, 1.807) is 18.2 Å². The standard InChI is InChI=1S/C15H22F2N2O/c1-11(19-10-12-4-3-7-18-9-12)13-5-2-6-14(8-13)20-15(16)17/h2,5-6,8,11-12,15,18-19H,3-4,7,9-10H2,1H3. The molecule has 2 atom stereocenters. The molecule has 1 aliphatic heterocycles. The molecule has 2 N–H and O–H groups in total. The van der Waals surface area contributed by atoms with E-state index < -0.39 is 6.61 Å². The molecule has 0 saturated carbocycles. The molecule has 2 unspecified atom stereocenters. The fourth-order valence-electron chi connectivity index (χ4n) is 2.52. The van der Waals surface area contributed by atoms with Gasteiger partial charge in [0.2, 0.25) is 0 Å². The highest BCUT2D eigenvalue weighted by atomic mass is 19.3. The van der Waals surface area contributed by atoms with Gasteiger partial charge in [-0.2, -0.15) is 8.78 Å². The fraction of sp³-hybridized carbons (Fsp3) is 0.600. The lowest BCUT2D eigenvalue weighted by molar-refractivity contribution is -0.0499. The van der Waals surface area contributed by atoms with Crippen molar-refractivity contribution < 1.29 is 13.5 Å². The number of alkyl halides is 2. The fourth-order valence-corrected chi connectivity index (χ4v) is 2.52. The first-order valence-electron chi connectivity index (χ1n) is 7.14. The van der Waals surface area contributed by atoms with Crippen molar-refractivity contribution in [1.29, 1.82) is 0 Å². The first kappa shape index (κ1) is 15.2. The third-order valence-electron chi connectivity index (χ3n) is 3.69. The predicted octanol–water partition coefficient (Wildman–Crippen LogP) is 2.94. The van der Waals surface area contributed by atoms with E-state index in [1.807, 2.05) is 13.0 Å². The van der Waals surface area contributed by atoms with Crippen molar-refractivity contribution in [2.45, 2.75) is 32.4 Å². The van der Waals surface area contributed by atoms with Gasteiger partial charge in [0, 0.05) is 6.04 Å². The van der Waals surface area contributed by atoms with Crippen LogP contribution in [-0.2, 0) is 0 Å². The Bertz CT molecular complexity index is 409. The average molecular weight is 284 g/mol. The molecule has 1 fully saturated rings. The summed E-state index contributed by atoms with van der Waals surface area (Å²) in [5, 5.41) is 6.85. The summed E-state index contributed by atoms with van der Waals surface area (Å²) in [4.78, 5) is 0. The van der Waals surface area contributed by atoms with Gasteiger partial charge in [0.25, 0.3) is 0 Å². The Labute approximate surface area is 118 Å². The Hall–Kier alpha value is -1.20. The van der Waals surface area contributed by atoms with E-state index in [0.717, 1.165) is 25.2 Å². The summed E-state index contributed by atoms with van der Waals surface area (Å²) in [6.45, 7) is 2.36. The second kappa shape index (κ2) is 7.55. The van der Waals surface area contributed by atoms with Gasteiger partial charge in [0.1, 0.15) is 5.75 Å². The lowest BCUT2D eigenvalue weighted by atomic mass is 9.99. The third-order valence-corrected chi connectivity index (χ3v) is 3.69. The normalized spacial score (nSPS) is 20.9. The van der Waals surface area contributed by atoms with Gasteiger partial charge in [-0.25, -0.2) is 0 Å². The molecule has 2 rings (SSSR count). The van der Waals surface area contributed by atoms with Crippen molar-refractivity contribution in [2.75, 3.05) is 19.6 Å². The van der Waals surface area contributed by atoms with Gasteiger partial charge in [0.15, 0.2) is 0 Å². The van der Waals surface area contributed by atoms with Crippen LogP contribution in [-0.4, -0.2) is 26.2 Å². The summed E-state index contributed by atoms with van der Waals surface area (Å²) >= 11 is 0. The van der Waals surface area contributed by atoms with Crippen LogP contribution in [0.15, 0.2) is 24.3 Å². The van der Waals surface area contributed by atoms with E-state index in [4.69, 9.17) is 0 Å². The molecule has 112 valence electrons. The molecule has 0 aliphatic carbocycles. The van der Waals surface area contributed by atoms with Crippen molar-refractivity contribution in [3.63, 3.8) is 0 Å². The number of hydrogen-bond donors (Lipinski definition) is 2. The quantitative estimate of drug-likeness (QED) is 0.842. The number of halogens is 2. The second-order valence-corrected chi connectivity index (χ2v) is 5.29. The van der Waals surface area contributed by atoms with Gasteiger partial charge in [-0.1, -0.05) is 12.1 Å². The minimum atomic E-state index is -2.78. The molecule has 0 bridgehead atoms. The molecule has 1 aromatic rings. The summed E-state index contributed by atoms with van der Waals surface area (Å²) in [7, 11) is 0. The Balaban J connectivity index is 1.86. The van der Waals surface area contributed by atoms with Crippen molar-refractivity contribution in [1.82, 2.24) is 10.6 Å². The molecule has 1 aliphatic rings. The molecular weight excluding hydrogens is 262 g/mol. The first-order chi connectivity index (χ1) is 9.65. The minimum absolute atomic E-state index is 0.123. The van der Waals surface area contributed by atoms with Crippen LogP contribution in [0.1, 0.15) is 31.4 Å². The molecule has 1 aromatic carbocycles. The molecule has 3 nitrogen and oxygen atoms in total. The maximum Gasteiger partial charge on any atom is 0.387 e. The van der Waals surface area contributed by atoms with Crippen LogP contribution in [0.3, 0.4) is 0 Å². The van der Waals surface area contributed by atoms with Crippen molar-refractivity contribution in [2.24, 2.45) is 5.92 Å². The van der Waals surface area contributed by atoms with Gasteiger partial charge in [-0.15, -0.1) is 0 Å². The highest BCUT2D eigenvalue weighted by molar-refractivity contribution is 5.30. The van der Waals surface area contributed by atoms with Crippen LogP contribution in [0.2, 0.25) is 0 Å². The monoisotopic (exact) mass is 284 g/mol. The van der Waals surface area contributed by atoms with Crippen LogP contribution in [0.4, 0.5) is 8.78 Å². The highest BCUT2D eigenvalue weighted by Crippen LogP contribution is 2.21. The van der Waals surface area contributed by atoms with E-state index in [0.29, 0.717) is 5.92 Å². The van der Waals surface area contributed by atoms with Gasteiger partial charge in [-0.05, 0) is 63.0 Å². The number of hydrogen-bond acceptors (Lipinski definition) is 3. The van der Waals surface area contributed by atoms with Crippen molar-refractivity contribution in [3.8, 4) is 5.75 Å². The van der Waals surface area contributed by atoms with E-state index >= 15 is 0 Å². The Kier molecular flexibility index (Phi) is 5.73. The van der Waals surface area contributed by atoms with Crippen molar-refractivity contribution in [3.05, 3.63) is 29.8 Å². The Morgan fingerprint density at radius 1 is 1.45 bits per heavy atom. The molecule has 0 aromatic heterocycles. The minimum Gasteiger partial charge on any atom is -0.435 e. The lowest BCUT2D eigenvalue weighted by Crippen LogP contribution is -2.36. The zero-order valence-corrected chi connectivity index (χ0v) is 11.7. The zero-order chi connectivity index (χ0) is 14.4. The Morgan fingerprint density at radius 3 is 3.00 bits per heavy atom. The molecule has 1 saturated heterocycles. The summed E-state index contributed by atoms with van der Waals surface area (Å²) in [5.74, 6) is 0.858. The zero-order valence-electron chi connectivity index (χ0n) is 11.7. The molecule has 0 spiro atoms. The molecule has 20 heavy (non-hydrogen) atoms. The van der Waals surface area contributed by atoms with E-state index in [2.05, 4.69) is 15.4 Å². The molecule has 0 amide bonds. The summed E-state index contributed by atoms with van der Waals surface area (Å²) in [6, 6.07) is 7.01. The maximum absolute atomic E-state index is 12.2. The van der Waals surface area contributed by atoms with Crippen LogP contribution in [0.25, 0.3) is 0 Å². The predicted molar refractivity (Wildman–Crippen MR) is 75.1 cm³/mol. The SMILES string of the molecule is CC(NCC1CCCNC1)c1cccc(OC(F)F)c1. The Morgan fingerprint density at radius 2 is 2.30 bits per heavy atom. The van der Waals surface area contributed by atoms with Crippen LogP contribution >= 0.6 is 0 Å². The topological polar surface area (TPSA) is 33.3 Å². The lowest BCUT2D eigenvalue weighted by Gasteiger charge is -2.25. The van der Waals surface area contributed by atoms with Gasteiger partial charge >= 0.3 is 6.61 Å². The average Bonchev–Trinajstić information content (AvgIpc) is 2.45. The third kappa shape index (κ3) is 4.72. The number of nitrogens with one attached hydrogen (secondary N) is 2.